The maximum atomic E-state index is 10.8. The van der Waals surface area contributed by atoms with Gasteiger partial charge >= 0.3 is 0 Å². The second kappa shape index (κ2) is 4.31. The Labute approximate surface area is 63.0 Å². The van der Waals surface area contributed by atoms with Gasteiger partial charge in [-0.25, -0.2) is 0 Å². The minimum Gasteiger partial charge on any atom is -0.353 e. The van der Waals surface area contributed by atoms with Crippen LogP contribution in [0.15, 0.2) is 0 Å². The fourth-order valence-electron chi connectivity index (χ4n) is 0.755. The Morgan fingerprint density at radius 2 is 2.20 bits per heavy atom. The summed E-state index contributed by atoms with van der Waals surface area (Å²) in [5.74, 6) is 0.222. The van der Waals surface area contributed by atoms with Crippen LogP contribution in [0.1, 0.15) is 40.0 Å². The first-order valence-electron chi connectivity index (χ1n) is 3.62. The van der Waals surface area contributed by atoms with Gasteiger partial charge in [0, 0.05) is 12.5 Å². The van der Waals surface area contributed by atoms with Gasteiger partial charge in [0.25, 0.3) is 0 Å². The van der Waals surface area contributed by atoms with Crippen molar-refractivity contribution in [2.24, 2.45) is 0 Å². The summed E-state index contributed by atoms with van der Waals surface area (Å²) in [5, 5.41) is 2.92. The fourth-order valence-corrected chi connectivity index (χ4v) is 0.755. The molecule has 0 unspecified atom stereocenters. The molecule has 1 N–H and O–H groups in total. The Morgan fingerprint density at radius 3 is 2.60 bits per heavy atom. The Kier molecular flexibility index (Phi) is 4.08. The SMILES string of the molecule is C.CCCC(=O)NC1CC1. The van der Waals surface area contributed by atoms with Crippen molar-refractivity contribution in [2.75, 3.05) is 0 Å². The zero-order valence-corrected chi connectivity index (χ0v) is 5.81. The van der Waals surface area contributed by atoms with Crippen molar-refractivity contribution in [2.45, 2.75) is 46.1 Å². The van der Waals surface area contributed by atoms with Gasteiger partial charge < -0.3 is 5.32 Å². The Balaban J connectivity index is 0.000000810. The number of rotatable bonds is 3. The number of carbonyl (C=O) groups excluding carboxylic acids is 1. The van der Waals surface area contributed by atoms with Gasteiger partial charge in [-0.05, 0) is 19.3 Å². The third-order valence-electron chi connectivity index (χ3n) is 1.42. The van der Waals surface area contributed by atoms with Crippen LogP contribution in [-0.2, 0) is 4.79 Å². The summed E-state index contributed by atoms with van der Waals surface area (Å²) in [6.45, 7) is 2.02. The molecule has 1 rings (SSSR count). The first-order chi connectivity index (χ1) is 4.33. The standard InChI is InChI=1S/C7H13NO.CH4/c1-2-3-7(9)8-6-4-5-6;/h6H,2-5H2,1H3,(H,8,9);1H4. The second-order valence-corrected chi connectivity index (χ2v) is 2.59. The van der Waals surface area contributed by atoms with Crippen LogP contribution in [0.25, 0.3) is 0 Å². The van der Waals surface area contributed by atoms with Crippen molar-refractivity contribution in [1.82, 2.24) is 5.32 Å². The molecule has 0 saturated heterocycles. The summed E-state index contributed by atoms with van der Waals surface area (Å²) in [7, 11) is 0. The molecule has 1 amide bonds. The molecule has 0 aromatic rings. The molecule has 10 heavy (non-hydrogen) atoms. The molecule has 1 saturated carbocycles. The highest BCUT2D eigenvalue weighted by molar-refractivity contribution is 5.76. The molecule has 60 valence electrons. The van der Waals surface area contributed by atoms with Crippen molar-refractivity contribution in [1.29, 1.82) is 0 Å². The minimum absolute atomic E-state index is 0. The summed E-state index contributed by atoms with van der Waals surface area (Å²) in [4.78, 5) is 10.8. The van der Waals surface area contributed by atoms with Gasteiger partial charge in [0.15, 0.2) is 0 Å². The van der Waals surface area contributed by atoms with E-state index in [4.69, 9.17) is 0 Å². The molecule has 0 aromatic heterocycles. The van der Waals surface area contributed by atoms with Gasteiger partial charge in [-0.2, -0.15) is 0 Å². The summed E-state index contributed by atoms with van der Waals surface area (Å²) in [6.07, 6.45) is 4.03. The molecule has 0 radical (unpaired) electrons. The zero-order valence-electron chi connectivity index (χ0n) is 5.81. The summed E-state index contributed by atoms with van der Waals surface area (Å²) in [6, 6.07) is 0.532. The van der Waals surface area contributed by atoms with E-state index in [0.717, 1.165) is 6.42 Å². The van der Waals surface area contributed by atoms with Crippen LogP contribution in [-0.4, -0.2) is 11.9 Å². The monoisotopic (exact) mass is 143 g/mol. The molecule has 1 aliphatic rings. The van der Waals surface area contributed by atoms with Gasteiger partial charge in [-0.1, -0.05) is 14.4 Å². The number of nitrogens with one attached hydrogen (secondary N) is 1. The average Bonchev–Trinajstić information content (AvgIpc) is 2.50. The predicted molar refractivity (Wildman–Crippen MR) is 42.8 cm³/mol. The van der Waals surface area contributed by atoms with E-state index >= 15 is 0 Å². The van der Waals surface area contributed by atoms with Crippen LogP contribution in [0.5, 0.6) is 0 Å². The van der Waals surface area contributed by atoms with Crippen molar-refractivity contribution >= 4 is 5.91 Å². The average molecular weight is 143 g/mol. The number of hydrogen-bond donors (Lipinski definition) is 1. The van der Waals surface area contributed by atoms with Crippen LogP contribution in [0.4, 0.5) is 0 Å². The van der Waals surface area contributed by atoms with Crippen molar-refractivity contribution < 1.29 is 4.79 Å². The lowest BCUT2D eigenvalue weighted by atomic mass is 10.3. The number of hydrogen-bond acceptors (Lipinski definition) is 1. The second-order valence-electron chi connectivity index (χ2n) is 2.59. The molecule has 0 heterocycles. The molecule has 0 bridgehead atoms. The van der Waals surface area contributed by atoms with Gasteiger partial charge in [0.2, 0.25) is 5.91 Å². The van der Waals surface area contributed by atoms with Crippen molar-refractivity contribution in [3.05, 3.63) is 0 Å². The highest BCUT2D eigenvalue weighted by Crippen LogP contribution is 2.18. The zero-order chi connectivity index (χ0) is 6.69. The first kappa shape index (κ1) is 9.47. The lowest BCUT2D eigenvalue weighted by Crippen LogP contribution is -2.24. The number of carbonyl (C=O) groups is 1. The number of amides is 1. The van der Waals surface area contributed by atoms with Gasteiger partial charge in [0.05, 0.1) is 0 Å². The molecule has 2 heteroatoms. The first-order valence-corrected chi connectivity index (χ1v) is 3.62. The van der Waals surface area contributed by atoms with E-state index < -0.39 is 0 Å². The van der Waals surface area contributed by atoms with Gasteiger partial charge in [-0.3, -0.25) is 4.79 Å². The Morgan fingerprint density at radius 1 is 1.60 bits per heavy atom. The highest BCUT2D eigenvalue weighted by Gasteiger charge is 2.22. The van der Waals surface area contributed by atoms with Crippen molar-refractivity contribution in [3.8, 4) is 0 Å². The third kappa shape index (κ3) is 3.49. The normalized spacial score (nSPS) is 15.7. The third-order valence-corrected chi connectivity index (χ3v) is 1.42. The van der Waals surface area contributed by atoms with Crippen LogP contribution in [0, 0.1) is 0 Å². The minimum atomic E-state index is 0. The summed E-state index contributed by atoms with van der Waals surface area (Å²) in [5.41, 5.74) is 0. The van der Waals surface area contributed by atoms with E-state index in [1.807, 2.05) is 6.92 Å². The lowest BCUT2D eigenvalue weighted by molar-refractivity contribution is -0.121. The van der Waals surface area contributed by atoms with Gasteiger partial charge in [0.1, 0.15) is 0 Å². The molecule has 2 nitrogen and oxygen atoms in total. The molecular weight excluding hydrogens is 126 g/mol. The Bertz CT molecular complexity index is 108. The fraction of sp³-hybridized carbons (Fsp3) is 0.875. The van der Waals surface area contributed by atoms with E-state index in [2.05, 4.69) is 5.32 Å². The molecule has 1 aliphatic carbocycles. The molecule has 0 aromatic carbocycles. The van der Waals surface area contributed by atoms with E-state index in [-0.39, 0.29) is 13.3 Å². The maximum absolute atomic E-state index is 10.8. The quantitative estimate of drug-likeness (QED) is 0.640. The van der Waals surface area contributed by atoms with Crippen LogP contribution < -0.4 is 5.32 Å². The smallest absolute Gasteiger partial charge is 0.220 e. The van der Waals surface area contributed by atoms with Crippen LogP contribution in [0.2, 0.25) is 0 Å². The van der Waals surface area contributed by atoms with E-state index in [9.17, 15) is 4.79 Å². The predicted octanol–water partition coefficient (Wildman–Crippen LogP) is 1.70. The summed E-state index contributed by atoms with van der Waals surface area (Å²) >= 11 is 0. The molecular formula is C8H17NO. The van der Waals surface area contributed by atoms with E-state index in [1.54, 1.807) is 0 Å². The molecule has 0 atom stereocenters. The van der Waals surface area contributed by atoms with Gasteiger partial charge in [-0.15, -0.1) is 0 Å². The van der Waals surface area contributed by atoms with Crippen LogP contribution >= 0.6 is 0 Å². The topological polar surface area (TPSA) is 29.1 Å². The van der Waals surface area contributed by atoms with Crippen molar-refractivity contribution in [3.63, 3.8) is 0 Å². The molecule has 0 spiro atoms. The summed E-state index contributed by atoms with van der Waals surface area (Å²) < 4.78 is 0. The largest absolute Gasteiger partial charge is 0.353 e. The van der Waals surface area contributed by atoms with Crippen LogP contribution in [0.3, 0.4) is 0 Å². The Hall–Kier alpha value is -0.530. The highest BCUT2D eigenvalue weighted by atomic mass is 16.1. The van der Waals surface area contributed by atoms with E-state index in [1.165, 1.54) is 12.8 Å². The maximum Gasteiger partial charge on any atom is 0.220 e. The lowest BCUT2D eigenvalue weighted by Gasteiger charge is -1.98. The molecule has 1 fully saturated rings. The molecule has 0 aliphatic heterocycles. The van der Waals surface area contributed by atoms with E-state index in [0.29, 0.717) is 12.5 Å².